The van der Waals surface area contributed by atoms with Crippen molar-refractivity contribution in [2.45, 2.75) is 105 Å². The molecule has 0 radical (unpaired) electrons. The van der Waals surface area contributed by atoms with Crippen LogP contribution in [0.25, 0.3) is 0 Å². The number of nitrogens with zero attached hydrogens (tertiary/aromatic N) is 2. The number of aromatic carboxylic acids is 2. The van der Waals surface area contributed by atoms with E-state index in [9.17, 15) is 48.6 Å². The van der Waals surface area contributed by atoms with Gasteiger partial charge in [0.2, 0.25) is 11.9 Å². The number of guanidine groups is 2. The van der Waals surface area contributed by atoms with Gasteiger partial charge in [-0.2, -0.15) is 0 Å². The van der Waals surface area contributed by atoms with Gasteiger partial charge in [-0.1, -0.05) is 0 Å². The summed E-state index contributed by atoms with van der Waals surface area (Å²) in [5.41, 5.74) is -3.53. The fraction of sp³-hybridized carbons (Fsp3) is 0.370. The lowest BCUT2D eigenvalue weighted by Gasteiger charge is -2.22. The minimum atomic E-state index is -1.34. The molecule has 0 saturated carbocycles. The topological polar surface area (TPSA) is 333 Å². The molecular formula is C54H64N6O19. The fourth-order valence-electron chi connectivity index (χ4n) is 5.92. The molecular weight excluding hydrogens is 1040 g/mol. The first-order chi connectivity index (χ1) is 36.7. The lowest BCUT2D eigenvalue weighted by molar-refractivity contribution is 0.0521. The van der Waals surface area contributed by atoms with E-state index in [4.69, 9.17) is 42.6 Å². The van der Waals surface area contributed by atoms with E-state index in [0.717, 1.165) is 12.1 Å². The smallest absolute Gasteiger partial charge is 0.414 e. The Kier molecular flexibility index (Phi) is 21.4. The van der Waals surface area contributed by atoms with Crippen LogP contribution in [0.15, 0.2) is 94.9 Å². The molecule has 0 aliphatic carbocycles. The highest BCUT2D eigenvalue weighted by molar-refractivity contribution is 6.03. The highest BCUT2D eigenvalue weighted by Crippen LogP contribution is 2.27. The normalized spacial score (nSPS) is 11.3. The van der Waals surface area contributed by atoms with Crippen molar-refractivity contribution >= 4 is 71.5 Å². The zero-order valence-electron chi connectivity index (χ0n) is 45.6. The Bertz CT molecular complexity index is 2670. The molecule has 25 nitrogen and oxygen atoms in total. The van der Waals surface area contributed by atoms with Crippen molar-refractivity contribution in [3.8, 4) is 23.0 Å². The van der Waals surface area contributed by atoms with E-state index in [1.165, 1.54) is 72.8 Å². The number of benzene rings is 4. The Hall–Kier alpha value is -9.26. The van der Waals surface area contributed by atoms with Gasteiger partial charge in [-0.15, -0.1) is 0 Å². The average Bonchev–Trinajstić information content (AvgIpc) is 3.31. The zero-order valence-corrected chi connectivity index (χ0v) is 45.6. The van der Waals surface area contributed by atoms with Crippen LogP contribution in [0.3, 0.4) is 0 Å². The first kappa shape index (κ1) is 62.3. The van der Waals surface area contributed by atoms with Crippen molar-refractivity contribution in [1.29, 1.82) is 0 Å². The quantitative estimate of drug-likeness (QED) is 0.0152. The molecule has 25 heteroatoms. The Morgan fingerprint density at radius 3 is 0.937 bits per heavy atom. The third-order valence-corrected chi connectivity index (χ3v) is 8.83. The highest BCUT2D eigenvalue weighted by Gasteiger charge is 2.24. The summed E-state index contributed by atoms with van der Waals surface area (Å²) in [4.78, 5) is 109. The summed E-state index contributed by atoms with van der Waals surface area (Å²) in [6.45, 7) is 19.5. The molecule has 0 spiro atoms. The monoisotopic (exact) mass is 1100 g/mol. The predicted octanol–water partition coefficient (Wildman–Crippen LogP) is 9.07. The first-order valence-corrected chi connectivity index (χ1v) is 24.1. The fourth-order valence-corrected chi connectivity index (χ4v) is 5.92. The number of carbonyl (C=O) groups is 8. The standard InChI is InChI=1S/C54H64N6O19/c1-51(2,3)76-47(67)57-45(58-48(68)77-52(4,5)6)55-35-17-13-31(14-18-35)43(65)74-39-27-33(41(61)62)25-37(29-39)72-23-21-71-22-24-73-38-26-34(42(63)64)28-40(30-38)75-44(66)32-15-19-36(20-16-32)56-46(59-49(69)78-53(7,8)9)60-50(70)79-54(10,11)12/h13-20,25-30H,21-24H2,1-12H3,(H,61,62)(H,63,64)(H2,55,57,58,67,68)(H2,56,59,60,69,70). The number of hydrogen-bond donors (Lipinski definition) is 6. The van der Waals surface area contributed by atoms with Crippen LogP contribution in [0.5, 0.6) is 23.0 Å². The molecule has 79 heavy (non-hydrogen) atoms. The Balaban J connectivity index is 1.33. The summed E-state index contributed by atoms with van der Waals surface area (Å²) in [6.07, 6.45) is -3.64. The summed E-state index contributed by atoms with van der Waals surface area (Å²) >= 11 is 0. The average molecular weight is 1100 g/mol. The number of aliphatic imine (C=N–C) groups is 2. The maximum absolute atomic E-state index is 13.2. The second-order valence-electron chi connectivity index (χ2n) is 20.6. The van der Waals surface area contributed by atoms with Gasteiger partial charge in [-0.3, -0.25) is 21.3 Å². The number of hydrogen-bond acceptors (Lipinski definition) is 19. The predicted molar refractivity (Wildman–Crippen MR) is 283 cm³/mol. The third kappa shape index (κ3) is 24.1. The van der Waals surface area contributed by atoms with Crippen molar-refractivity contribution in [1.82, 2.24) is 21.3 Å². The van der Waals surface area contributed by atoms with Crippen molar-refractivity contribution in [3.05, 3.63) is 107 Å². The van der Waals surface area contributed by atoms with E-state index >= 15 is 0 Å². The molecule has 0 aromatic heterocycles. The maximum atomic E-state index is 13.2. The number of alkyl carbamates (subject to hydrolysis) is 4. The summed E-state index contributed by atoms with van der Waals surface area (Å²) in [5.74, 6) is -5.33. The SMILES string of the molecule is CC(C)(C)OC(=O)NC(=Nc1ccc(C(=O)Oc2cc(OCCOCCOc3cc(OC(=O)c4ccc(N=C(NC(=O)OC(C)(C)C)NC(=O)OC(C)(C)C)cc4)cc(C(=O)O)c3)cc(C(=O)O)c2)cc1)NC(=O)OC(C)(C)C. The Morgan fingerprint density at radius 1 is 0.392 bits per heavy atom. The van der Waals surface area contributed by atoms with Gasteiger partial charge in [0.1, 0.15) is 58.6 Å². The van der Waals surface area contributed by atoms with Crippen molar-refractivity contribution in [3.63, 3.8) is 0 Å². The second-order valence-corrected chi connectivity index (χ2v) is 20.6. The molecule has 4 rings (SSSR count). The molecule has 424 valence electrons. The molecule has 6 N–H and O–H groups in total. The van der Waals surface area contributed by atoms with Gasteiger partial charge in [0.05, 0.1) is 46.8 Å². The van der Waals surface area contributed by atoms with Gasteiger partial charge in [-0.25, -0.2) is 48.3 Å². The summed E-state index contributed by atoms with van der Waals surface area (Å²) in [6, 6.07) is 18.2. The molecule has 4 aromatic rings. The molecule has 4 aromatic carbocycles. The van der Waals surface area contributed by atoms with E-state index in [1.807, 2.05) is 0 Å². The van der Waals surface area contributed by atoms with Crippen LogP contribution in [0, 0.1) is 0 Å². The molecule has 0 heterocycles. The maximum Gasteiger partial charge on any atom is 0.414 e. The molecule has 0 atom stereocenters. The molecule has 0 aliphatic heterocycles. The lowest BCUT2D eigenvalue weighted by Crippen LogP contribution is -2.47. The number of carbonyl (C=O) groups excluding carboxylic acids is 6. The van der Waals surface area contributed by atoms with Crippen LogP contribution in [-0.4, -0.2) is 119 Å². The van der Waals surface area contributed by atoms with Gasteiger partial charge in [0, 0.05) is 12.1 Å². The van der Waals surface area contributed by atoms with Gasteiger partial charge in [0.25, 0.3) is 0 Å². The first-order valence-electron chi connectivity index (χ1n) is 24.1. The van der Waals surface area contributed by atoms with Crippen molar-refractivity contribution in [2.75, 3.05) is 26.4 Å². The van der Waals surface area contributed by atoms with E-state index in [1.54, 1.807) is 83.1 Å². The van der Waals surface area contributed by atoms with Crippen molar-refractivity contribution in [2.24, 2.45) is 9.98 Å². The van der Waals surface area contributed by atoms with Crippen LogP contribution in [0.4, 0.5) is 30.6 Å². The summed E-state index contributed by atoms with van der Waals surface area (Å²) in [5, 5.41) is 28.9. The van der Waals surface area contributed by atoms with Gasteiger partial charge in [-0.05, 0) is 156 Å². The van der Waals surface area contributed by atoms with E-state index in [2.05, 4.69) is 31.3 Å². The van der Waals surface area contributed by atoms with E-state index in [0.29, 0.717) is 0 Å². The number of esters is 2. The Morgan fingerprint density at radius 2 is 0.671 bits per heavy atom. The van der Waals surface area contributed by atoms with Gasteiger partial charge < -0.3 is 52.8 Å². The largest absolute Gasteiger partial charge is 0.491 e. The summed E-state index contributed by atoms with van der Waals surface area (Å²) in [7, 11) is 0. The minimum absolute atomic E-state index is 0.0288. The minimum Gasteiger partial charge on any atom is -0.491 e. The number of ether oxygens (including phenoxy) is 9. The molecule has 0 fully saturated rings. The molecule has 0 saturated heterocycles. The lowest BCUT2D eigenvalue weighted by atomic mass is 10.2. The number of nitrogens with one attached hydrogen (secondary N) is 4. The van der Waals surface area contributed by atoms with Gasteiger partial charge in [0.15, 0.2) is 0 Å². The highest BCUT2D eigenvalue weighted by atomic mass is 16.6. The van der Waals surface area contributed by atoms with Crippen LogP contribution < -0.4 is 40.2 Å². The Labute approximate surface area is 454 Å². The molecule has 4 amide bonds. The number of amides is 4. The van der Waals surface area contributed by atoms with Gasteiger partial charge >= 0.3 is 48.3 Å². The van der Waals surface area contributed by atoms with Crippen LogP contribution in [0.2, 0.25) is 0 Å². The third-order valence-electron chi connectivity index (χ3n) is 8.83. The molecule has 0 bridgehead atoms. The number of carboxylic acid groups (broad SMARTS) is 2. The number of rotatable bonds is 16. The zero-order chi connectivity index (χ0) is 58.9. The number of carboxylic acids is 2. The molecule has 0 aliphatic rings. The van der Waals surface area contributed by atoms with E-state index < -0.39 is 70.7 Å². The van der Waals surface area contributed by atoms with Crippen molar-refractivity contribution < 1.29 is 91.2 Å². The summed E-state index contributed by atoms with van der Waals surface area (Å²) < 4.78 is 48.9. The van der Waals surface area contributed by atoms with Crippen LogP contribution >= 0.6 is 0 Å². The molecule has 0 unspecified atom stereocenters. The second kappa shape index (κ2) is 27.2. The van der Waals surface area contributed by atoms with E-state index in [-0.39, 0.29) is 95.0 Å². The van der Waals surface area contributed by atoms with Crippen LogP contribution in [-0.2, 0) is 23.7 Å². The van der Waals surface area contributed by atoms with Crippen LogP contribution in [0.1, 0.15) is 125 Å².